The van der Waals surface area contributed by atoms with Crippen LogP contribution in [0.5, 0.6) is 17.2 Å². The maximum atomic E-state index is 13.0. The van der Waals surface area contributed by atoms with Crippen molar-refractivity contribution < 1.29 is 19.0 Å². The van der Waals surface area contributed by atoms with Gasteiger partial charge in [-0.05, 0) is 51.8 Å². The van der Waals surface area contributed by atoms with Gasteiger partial charge in [0.1, 0.15) is 0 Å². The minimum absolute atomic E-state index is 0.00714. The third-order valence-electron chi connectivity index (χ3n) is 4.76. The SMILES string of the molecule is CCOc1cc(C(=O)NC2CCCN(c3ncccn3)C2)cc(OCC)c1OCC. The lowest BCUT2D eigenvalue weighted by Gasteiger charge is -2.33. The van der Waals surface area contributed by atoms with Crippen molar-refractivity contribution in [2.45, 2.75) is 39.7 Å². The zero-order valence-electron chi connectivity index (χ0n) is 17.9. The van der Waals surface area contributed by atoms with E-state index in [1.54, 1.807) is 30.6 Å². The summed E-state index contributed by atoms with van der Waals surface area (Å²) >= 11 is 0. The van der Waals surface area contributed by atoms with Crippen LogP contribution in [-0.4, -0.2) is 54.8 Å². The van der Waals surface area contributed by atoms with E-state index in [1.165, 1.54) is 0 Å². The summed E-state index contributed by atoms with van der Waals surface area (Å²) in [7, 11) is 0. The standard InChI is InChI=1S/C22H30N4O4/c1-4-28-18-13-16(14-19(29-5-2)20(18)30-6-3)21(27)25-17-9-7-12-26(15-17)22-23-10-8-11-24-22/h8,10-11,13-14,17H,4-7,9,12,15H2,1-3H3,(H,25,27). The van der Waals surface area contributed by atoms with Crippen LogP contribution in [0.2, 0.25) is 0 Å². The van der Waals surface area contributed by atoms with E-state index in [0.29, 0.717) is 55.1 Å². The first kappa shape index (κ1) is 21.7. The van der Waals surface area contributed by atoms with Gasteiger partial charge in [-0.15, -0.1) is 0 Å². The first-order valence-corrected chi connectivity index (χ1v) is 10.6. The smallest absolute Gasteiger partial charge is 0.251 e. The molecular weight excluding hydrogens is 384 g/mol. The molecule has 1 fully saturated rings. The Labute approximate surface area is 177 Å². The van der Waals surface area contributed by atoms with Gasteiger partial charge >= 0.3 is 0 Å². The predicted molar refractivity (Wildman–Crippen MR) is 115 cm³/mol. The second-order valence-electron chi connectivity index (χ2n) is 6.91. The first-order chi connectivity index (χ1) is 14.7. The predicted octanol–water partition coefficient (Wildman–Crippen LogP) is 3.07. The number of rotatable bonds is 9. The van der Waals surface area contributed by atoms with Crippen molar-refractivity contribution >= 4 is 11.9 Å². The van der Waals surface area contributed by atoms with Crippen molar-refractivity contribution in [1.29, 1.82) is 0 Å². The van der Waals surface area contributed by atoms with Gasteiger partial charge < -0.3 is 24.4 Å². The van der Waals surface area contributed by atoms with E-state index >= 15 is 0 Å². The minimum atomic E-state index is -0.166. The van der Waals surface area contributed by atoms with E-state index < -0.39 is 0 Å². The van der Waals surface area contributed by atoms with Crippen molar-refractivity contribution in [3.8, 4) is 17.2 Å². The molecule has 0 radical (unpaired) electrons. The van der Waals surface area contributed by atoms with Gasteiger partial charge in [0, 0.05) is 37.1 Å². The Balaban J connectivity index is 1.76. The van der Waals surface area contributed by atoms with Gasteiger partial charge in [-0.25, -0.2) is 9.97 Å². The quantitative estimate of drug-likeness (QED) is 0.675. The minimum Gasteiger partial charge on any atom is -0.490 e. The fourth-order valence-electron chi connectivity index (χ4n) is 3.52. The molecule has 8 heteroatoms. The van der Waals surface area contributed by atoms with Crippen LogP contribution in [0.25, 0.3) is 0 Å². The number of nitrogens with zero attached hydrogens (tertiary/aromatic N) is 3. The second kappa shape index (κ2) is 10.7. The van der Waals surface area contributed by atoms with Gasteiger partial charge in [-0.1, -0.05) is 0 Å². The Morgan fingerprint density at radius 2 is 1.70 bits per heavy atom. The molecule has 1 aliphatic heterocycles. The summed E-state index contributed by atoms with van der Waals surface area (Å²) in [6, 6.07) is 5.23. The molecule has 0 bridgehead atoms. The fourth-order valence-corrected chi connectivity index (χ4v) is 3.52. The summed E-state index contributed by atoms with van der Waals surface area (Å²) in [5.41, 5.74) is 0.485. The summed E-state index contributed by atoms with van der Waals surface area (Å²) < 4.78 is 17.2. The lowest BCUT2D eigenvalue weighted by Crippen LogP contribution is -2.48. The van der Waals surface area contributed by atoms with Crippen LogP contribution in [0.15, 0.2) is 30.6 Å². The third-order valence-corrected chi connectivity index (χ3v) is 4.76. The molecule has 0 spiro atoms. The number of ether oxygens (including phenoxy) is 3. The maximum Gasteiger partial charge on any atom is 0.251 e. The van der Waals surface area contributed by atoms with Crippen LogP contribution in [0.3, 0.4) is 0 Å². The molecule has 30 heavy (non-hydrogen) atoms. The van der Waals surface area contributed by atoms with Crippen LogP contribution < -0.4 is 24.4 Å². The average molecular weight is 415 g/mol. The Hall–Kier alpha value is -3.03. The van der Waals surface area contributed by atoms with Gasteiger partial charge in [-0.2, -0.15) is 0 Å². The molecule has 1 aliphatic rings. The zero-order chi connectivity index (χ0) is 21.3. The molecule has 1 atom stereocenters. The normalized spacial score (nSPS) is 16.1. The Morgan fingerprint density at radius 3 is 2.30 bits per heavy atom. The molecule has 162 valence electrons. The van der Waals surface area contributed by atoms with Crippen molar-refractivity contribution in [2.24, 2.45) is 0 Å². The van der Waals surface area contributed by atoms with Gasteiger partial charge in [-0.3, -0.25) is 4.79 Å². The summed E-state index contributed by atoms with van der Waals surface area (Å²) in [4.78, 5) is 23.8. The number of hydrogen-bond acceptors (Lipinski definition) is 7. The molecule has 1 saturated heterocycles. The Kier molecular flexibility index (Phi) is 7.70. The van der Waals surface area contributed by atoms with Crippen molar-refractivity contribution in [1.82, 2.24) is 15.3 Å². The van der Waals surface area contributed by atoms with Crippen LogP contribution >= 0.6 is 0 Å². The molecule has 1 aromatic heterocycles. The number of carbonyl (C=O) groups excluding carboxylic acids is 1. The van der Waals surface area contributed by atoms with E-state index in [1.807, 2.05) is 20.8 Å². The first-order valence-electron chi connectivity index (χ1n) is 10.6. The lowest BCUT2D eigenvalue weighted by atomic mass is 10.0. The summed E-state index contributed by atoms with van der Waals surface area (Å²) in [5.74, 6) is 2.08. The van der Waals surface area contributed by atoms with E-state index in [9.17, 15) is 4.79 Å². The largest absolute Gasteiger partial charge is 0.490 e. The maximum absolute atomic E-state index is 13.0. The summed E-state index contributed by atoms with van der Waals surface area (Å²) in [6.07, 6.45) is 5.33. The molecule has 2 aromatic rings. The van der Waals surface area contributed by atoms with E-state index in [0.717, 1.165) is 19.4 Å². The molecule has 2 heterocycles. The highest BCUT2D eigenvalue weighted by Gasteiger charge is 2.25. The van der Waals surface area contributed by atoms with Crippen molar-refractivity contribution in [2.75, 3.05) is 37.8 Å². The fraction of sp³-hybridized carbons (Fsp3) is 0.500. The highest BCUT2D eigenvalue weighted by Crippen LogP contribution is 2.39. The topological polar surface area (TPSA) is 85.8 Å². The van der Waals surface area contributed by atoms with Gasteiger partial charge in [0.05, 0.1) is 19.8 Å². The van der Waals surface area contributed by atoms with Gasteiger partial charge in [0.25, 0.3) is 5.91 Å². The van der Waals surface area contributed by atoms with Crippen LogP contribution in [0, 0.1) is 0 Å². The number of aromatic nitrogens is 2. The number of nitrogens with one attached hydrogen (secondary N) is 1. The molecule has 0 aliphatic carbocycles. The zero-order valence-corrected chi connectivity index (χ0v) is 17.9. The summed E-state index contributed by atoms with van der Waals surface area (Å²) in [5, 5.41) is 3.14. The van der Waals surface area contributed by atoms with E-state index in [4.69, 9.17) is 14.2 Å². The van der Waals surface area contributed by atoms with Crippen molar-refractivity contribution in [3.63, 3.8) is 0 Å². The Bertz CT molecular complexity index is 804. The number of hydrogen-bond donors (Lipinski definition) is 1. The number of benzene rings is 1. The third kappa shape index (κ3) is 5.31. The highest BCUT2D eigenvalue weighted by molar-refractivity contribution is 5.95. The monoisotopic (exact) mass is 414 g/mol. The molecule has 1 amide bonds. The molecule has 8 nitrogen and oxygen atoms in total. The molecule has 1 N–H and O–H groups in total. The molecule has 1 unspecified atom stereocenters. The van der Waals surface area contributed by atoms with Crippen LogP contribution in [0.1, 0.15) is 44.0 Å². The highest BCUT2D eigenvalue weighted by atomic mass is 16.5. The molecule has 1 aromatic carbocycles. The average Bonchev–Trinajstić information content (AvgIpc) is 2.77. The lowest BCUT2D eigenvalue weighted by molar-refractivity contribution is 0.0932. The van der Waals surface area contributed by atoms with Crippen molar-refractivity contribution in [3.05, 3.63) is 36.2 Å². The summed E-state index contributed by atoms with van der Waals surface area (Å²) in [6.45, 7) is 8.64. The van der Waals surface area contributed by atoms with Gasteiger partial charge in [0.15, 0.2) is 11.5 Å². The number of piperidine rings is 1. The number of carbonyl (C=O) groups is 1. The molecule has 0 saturated carbocycles. The van der Waals surface area contributed by atoms with Crippen LogP contribution in [0.4, 0.5) is 5.95 Å². The Morgan fingerprint density at radius 1 is 1.07 bits per heavy atom. The van der Waals surface area contributed by atoms with Crippen LogP contribution in [-0.2, 0) is 0 Å². The second-order valence-corrected chi connectivity index (χ2v) is 6.91. The number of anilines is 1. The van der Waals surface area contributed by atoms with Gasteiger partial charge in [0.2, 0.25) is 11.7 Å². The molecular formula is C22H30N4O4. The van der Waals surface area contributed by atoms with E-state index in [2.05, 4.69) is 20.2 Å². The molecule has 3 rings (SSSR count). The number of amides is 1. The van der Waals surface area contributed by atoms with E-state index in [-0.39, 0.29) is 11.9 Å².